The lowest BCUT2D eigenvalue weighted by Gasteiger charge is -2.26. The van der Waals surface area contributed by atoms with E-state index in [0.29, 0.717) is 17.0 Å². The summed E-state index contributed by atoms with van der Waals surface area (Å²) >= 11 is 0. The SMILES string of the molecule is CN1C(=O)COc2cc(CC(=O)O)ccc21. The topological polar surface area (TPSA) is 66.8 Å². The van der Waals surface area contributed by atoms with Crippen LogP contribution >= 0.6 is 0 Å². The number of hydrogen-bond acceptors (Lipinski definition) is 3. The standard InChI is InChI=1S/C11H11NO4/c1-12-8-3-2-7(5-11(14)15)4-9(8)16-6-10(12)13/h2-4H,5-6H2,1H3,(H,14,15). The number of carbonyl (C=O) groups excluding carboxylic acids is 1. The molecular formula is C11H11NO4. The van der Waals surface area contributed by atoms with E-state index in [1.807, 2.05) is 0 Å². The summed E-state index contributed by atoms with van der Waals surface area (Å²) in [5.74, 6) is -0.445. The van der Waals surface area contributed by atoms with Crippen molar-refractivity contribution in [3.8, 4) is 5.75 Å². The smallest absolute Gasteiger partial charge is 0.307 e. The Kier molecular flexibility index (Phi) is 2.52. The fourth-order valence-corrected chi connectivity index (χ4v) is 1.61. The summed E-state index contributed by atoms with van der Waals surface area (Å²) in [6, 6.07) is 5.04. The van der Waals surface area contributed by atoms with E-state index < -0.39 is 5.97 Å². The molecule has 0 radical (unpaired) electrons. The molecule has 0 atom stereocenters. The third-order valence-electron chi connectivity index (χ3n) is 2.47. The van der Waals surface area contributed by atoms with Gasteiger partial charge >= 0.3 is 5.97 Å². The van der Waals surface area contributed by atoms with E-state index in [4.69, 9.17) is 9.84 Å². The zero-order chi connectivity index (χ0) is 11.7. The Hall–Kier alpha value is -2.04. The first kappa shape index (κ1) is 10.5. The van der Waals surface area contributed by atoms with Gasteiger partial charge in [0.15, 0.2) is 6.61 Å². The van der Waals surface area contributed by atoms with E-state index in [9.17, 15) is 9.59 Å². The number of benzene rings is 1. The number of carboxylic acids is 1. The second-order valence-electron chi connectivity index (χ2n) is 3.61. The Morgan fingerprint density at radius 2 is 2.31 bits per heavy atom. The van der Waals surface area contributed by atoms with Crippen molar-refractivity contribution in [2.24, 2.45) is 0 Å². The van der Waals surface area contributed by atoms with Gasteiger partial charge in [-0.25, -0.2) is 0 Å². The van der Waals surface area contributed by atoms with E-state index >= 15 is 0 Å². The highest BCUT2D eigenvalue weighted by Gasteiger charge is 2.22. The molecule has 1 N–H and O–H groups in total. The molecule has 2 rings (SSSR count). The molecule has 0 spiro atoms. The molecule has 1 heterocycles. The van der Waals surface area contributed by atoms with E-state index in [1.165, 1.54) is 4.90 Å². The molecule has 84 valence electrons. The van der Waals surface area contributed by atoms with E-state index in [1.54, 1.807) is 25.2 Å². The van der Waals surface area contributed by atoms with Crippen molar-refractivity contribution in [2.75, 3.05) is 18.6 Å². The second-order valence-corrected chi connectivity index (χ2v) is 3.61. The Morgan fingerprint density at radius 3 is 3.00 bits per heavy atom. The molecule has 0 fully saturated rings. The number of ether oxygens (including phenoxy) is 1. The van der Waals surface area contributed by atoms with Gasteiger partial charge in [0.1, 0.15) is 5.75 Å². The summed E-state index contributed by atoms with van der Waals surface area (Å²) in [6.45, 7) is 0.0000246. The molecule has 1 aromatic carbocycles. The Balaban J connectivity index is 2.33. The van der Waals surface area contributed by atoms with E-state index in [-0.39, 0.29) is 18.9 Å². The Labute approximate surface area is 92.2 Å². The van der Waals surface area contributed by atoms with Crippen LogP contribution in [-0.4, -0.2) is 30.6 Å². The summed E-state index contributed by atoms with van der Waals surface area (Å²) in [7, 11) is 1.67. The maximum absolute atomic E-state index is 11.3. The molecule has 0 saturated carbocycles. The third kappa shape index (κ3) is 1.84. The summed E-state index contributed by atoms with van der Waals surface area (Å²) in [5.41, 5.74) is 1.33. The van der Waals surface area contributed by atoms with Crippen LogP contribution in [-0.2, 0) is 16.0 Å². The fourth-order valence-electron chi connectivity index (χ4n) is 1.61. The van der Waals surface area contributed by atoms with Crippen molar-refractivity contribution in [3.05, 3.63) is 23.8 Å². The summed E-state index contributed by atoms with van der Waals surface area (Å²) in [6.07, 6.45) is -0.0473. The van der Waals surface area contributed by atoms with Gasteiger partial charge < -0.3 is 14.7 Å². The molecule has 0 aliphatic carbocycles. The van der Waals surface area contributed by atoms with Gasteiger partial charge in [-0.3, -0.25) is 9.59 Å². The van der Waals surface area contributed by atoms with Gasteiger partial charge in [0, 0.05) is 7.05 Å². The van der Waals surface area contributed by atoms with Crippen LogP contribution in [0.3, 0.4) is 0 Å². The first-order valence-electron chi connectivity index (χ1n) is 4.82. The van der Waals surface area contributed by atoms with Crippen LogP contribution in [0.2, 0.25) is 0 Å². The lowest BCUT2D eigenvalue weighted by atomic mass is 10.1. The molecule has 16 heavy (non-hydrogen) atoms. The van der Waals surface area contributed by atoms with Crippen molar-refractivity contribution in [1.82, 2.24) is 0 Å². The lowest BCUT2D eigenvalue weighted by Crippen LogP contribution is -2.35. The van der Waals surface area contributed by atoms with Crippen molar-refractivity contribution >= 4 is 17.6 Å². The Morgan fingerprint density at radius 1 is 1.56 bits per heavy atom. The maximum Gasteiger partial charge on any atom is 0.307 e. The number of hydrogen-bond donors (Lipinski definition) is 1. The summed E-state index contributed by atoms with van der Waals surface area (Å²) < 4.78 is 5.24. The van der Waals surface area contributed by atoms with E-state index in [2.05, 4.69) is 0 Å². The minimum atomic E-state index is -0.889. The van der Waals surface area contributed by atoms with Gasteiger partial charge in [-0.05, 0) is 17.7 Å². The average Bonchev–Trinajstić information content (AvgIpc) is 2.23. The normalized spacial score (nSPS) is 14.3. The van der Waals surface area contributed by atoms with Gasteiger partial charge in [-0.15, -0.1) is 0 Å². The molecule has 5 nitrogen and oxygen atoms in total. The number of anilines is 1. The maximum atomic E-state index is 11.3. The van der Waals surface area contributed by atoms with E-state index in [0.717, 1.165) is 0 Å². The van der Waals surface area contributed by atoms with Crippen molar-refractivity contribution < 1.29 is 19.4 Å². The highest BCUT2D eigenvalue weighted by atomic mass is 16.5. The number of amides is 1. The Bertz CT molecular complexity index is 455. The molecule has 0 unspecified atom stereocenters. The molecule has 1 aliphatic heterocycles. The zero-order valence-corrected chi connectivity index (χ0v) is 8.77. The van der Waals surface area contributed by atoms with Gasteiger partial charge in [0.05, 0.1) is 12.1 Å². The minimum Gasteiger partial charge on any atom is -0.482 e. The van der Waals surface area contributed by atoms with Crippen molar-refractivity contribution in [1.29, 1.82) is 0 Å². The average molecular weight is 221 g/mol. The second kappa shape index (κ2) is 3.84. The molecule has 0 bridgehead atoms. The molecular weight excluding hydrogens is 210 g/mol. The third-order valence-corrected chi connectivity index (χ3v) is 2.47. The predicted molar refractivity (Wildman–Crippen MR) is 56.7 cm³/mol. The molecule has 1 aliphatic rings. The fraction of sp³-hybridized carbons (Fsp3) is 0.273. The lowest BCUT2D eigenvalue weighted by molar-refractivity contribution is -0.136. The van der Waals surface area contributed by atoms with Gasteiger partial charge in [0.25, 0.3) is 5.91 Å². The van der Waals surface area contributed by atoms with Gasteiger partial charge in [0.2, 0.25) is 0 Å². The van der Waals surface area contributed by atoms with Crippen LogP contribution in [0.5, 0.6) is 5.75 Å². The van der Waals surface area contributed by atoms with Crippen molar-refractivity contribution in [3.63, 3.8) is 0 Å². The number of aliphatic carboxylic acids is 1. The molecule has 1 aromatic rings. The number of nitrogens with zero attached hydrogens (tertiary/aromatic N) is 1. The number of likely N-dealkylation sites (N-methyl/N-ethyl adjacent to an activating group) is 1. The molecule has 0 aromatic heterocycles. The van der Waals surface area contributed by atoms with Crippen LogP contribution in [0, 0.1) is 0 Å². The number of fused-ring (bicyclic) bond motifs is 1. The highest BCUT2D eigenvalue weighted by molar-refractivity contribution is 5.97. The summed E-state index contributed by atoms with van der Waals surface area (Å²) in [5, 5.41) is 8.66. The van der Waals surface area contributed by atoms with Crippen LogP contribution in [0.4, 0.5) is 5.69 Å². The number of carboxylic acid groups (broad SMARTS) is 1. The van der Waals surface area contributed by atoms with Crippen LogP contribution in [0.25, 0.3) is 0 Å². The number of carbonyl (C=O) groups is 2. The van der Waals surface area contributed by atoms with Crippen molar-refractivity contribution in [2.45, 2.75) is 6.42 Å². The molecule has 1 amide bonds. The van der Waals surface area contributed by atoms with Crippen LogP contribution in [0.15, 0.2) is 18.2 Å². The van der Waals surface area contributed by atoms with Crippen LogP contribution in [0.1, 0.15) is 5.56 Å². The largest absolute Gasteiger partial charge is 0.482 e. The van der Waals surface area contributed by atoms with Crippen LogP contribution < -0.4 is 9.64 Å². The number of rotatable bonds is 2. The highest BCUT2D eigenvalue weighted by Crippen LogP contribution is 2.31. The molecule has 5 heteroatoms. The minimum absolute atomic E-state index is 0.0000246. The zero-order valence-electron chi connectivity index (χ0n) is 8.77. The van der Waals surface area contributed by atoms with Gasteiger partial charge in [-0.2, -0.15) is 0 Å². The first-order valence-corrected chi connectivity index (χ1v) is 4.82. The predicted octanol–water partition coefficient (Wildman–Crippen LogP) is 0.669. The quantitative estimate of drug-likeness (QED) is 0.797. The summed E-state index contributed by atoms with van der Waals surface area (Å²) in [4.78, 5) is 23.4. The monoisotopic (exact) mass is 221 g/mol. The molecule has 0 saturated heterocycles. The van der Waals surface area contributed by atoms with Gasteiger partial charge in [-0.1, -0.05) is 6.07 Å². The first-order chi connectivity index (χ1) is 7.58.